The summed E-state index contributed by atoms with van der Waals surface area (Å²) in [7, 11) is -6.55. The van der Waals surface area contributed by atoms with Crippen LogP contribution in [0.25, 0.3) is 10.9 Å². The first-order valence-electron chi connectivity index (χ1n) is 9.97. The molecule has 2 heterocycles. The van der Waals surface area contributed by atoms with Crippen LogP contribution in [0.3, 0.4) is 0 Å². The maximum absolute atomic E-state index is 11.3. The third kappa shape index (κ3) is 10.2. The number of fused-ring (bicyclic) bond motifs is 1. The number of halogens is 6. The second-order valence-corrected chi connectivity index (χ2v) is 8.59. The molecule has 1 aromatic carbocycles. The number of alkyl halides is 6. The molecule has 0 bridgehead atoms. The summed E-state index contributed by atoms with van der Waals surface area (Å²) in [4.78, 5) is 12.7. The van der Waals surface area contributed by atoms with Crippen LogP contribution in [0.15, 0.2) is 54.9 Å². The molecule has 0 aliphatic rings. The molecule has 0 atom stereocenters. The van der Waals surface area contributed by atoms with E-state index in [1.54, 1.807) is 0 Å². The molecule has 0 saturated carbocycles. The third-order valence-electron chi connectivity index (χ3n) is 4.03. The van der Waals surface area contributed by atoms with Crippen LogP contribution >= 0.6 is 0 Å². The summed E-state index contributed by atoms with van der Waals surface area (Å²) in [6.07, 6.45) is 1.05. The number of carbonyl (C=O) groups is 1. The summed E-state index contributed by atoms with van der Waals surface area (Å²) < 4.78 is 92.0. The van der Waals surface area contributed by atoms with Gasteiger partial charge in [0.25, 0.3) is 0 Å². The van der Waals surface area contributed by atoms with Crippen molar-refractivity contribution in [2.45, 2.75) is 44.9 Å². The molecule has 35 heavy (non-hydrogen) atoms. The molecule has 0 radical (unpaired) electrons. The Kier molecular flexibility index (Phi) is 10.6. The Labute approximate surface area is 197 Å². The number of pyridine rings is 1. The second kappa shape index (κ2) is 12.4. The lowest BCUT2D eigenvalue weighted by molar-refractivity contribution is -0.697. The highest BCUT2D eigenvalue weighted by Crippen LogP contribution is 2.27. The normalized spacial score (nSPS) is 11.7. The van der Waals surface area contributed by atoms with E-state index in [1.165, 1.54) is 23.8 Å². The number of hydrogen-bond donors (Lipinski definition) is 2. The molecule has 0 aliphatic heterocycles. The highest BCUT2D eigenvalue weighted by molar-refractivity contribution is 7.88. The number of aromatic nitrogens is 2. The van der Waals surface area contributed by atoms with Gasteiger partial charge in [0.2, 0.25) is 0 Å². The zero-order valence-electron chi connectivity index (χ0n) is 18.7. The molecule has 2 aromatic heterocycles. The van der Waals surface area contributed by atoms with Crippen LogP contribution in [-0.2, 0) is 25.6 Å². The van der Waals surface area contributed by atoms with Crippen LogP contribution in [0.1, 0.15) is 25.3 Å². The molecule has 0 fully saturated rings. The maximum Gasteiger partial charge on any atom is 0.534 e. The van der Waals surface area contributed by atoms with E-state index in [0.29, 0.717) is 0 Å². The Balaban J connectivity index is 0.000000266. The molecular weight excluding hydrogens is 504 g/mol. The lowest BCUT2D eigenvalue weighted by Crippen LogP contribution is -2.34. The number of unbranched alkanes of at least 4 members (excludes halogenated alkanes) is 1. The van der Waals surface area contributed by atoms with Gasteiger partial charge in [-0.3, -0.25) is 0 Å². The number of anilines is 1. The second-order valence-electron chi connectivity index (χ2n) is 7.05. The quantitative estimate of drug-likeness (QED) is 0.220. The van der Waals surface area contributed by atoms with Gasteiger partial charge in [-0.25, -0.2) is 9.36 Å². The number of hydrogen-bond acceptors (Lipinski definition) is 5. The minimum absolute atomic E-state index is 0.723. The first-order chi connectivity index (χ1) is 16.1. The van der Waals surface area contributed by atoms with Gasteiger partial charge < -0.3 is 14.9 Å². The summed E-state index contributed by atoms with van der Waals surface area (Å²) in [5, 5.41) is 1.17. The van der Waals surface area contributed by atoms with E-state index < -0.39 is 27.8 Å². The van der Waals surface area contributed by atoms with Crippen LogP contribution < -0.4 is 10.3 Å². The summed E-state index contributed by atoms with van der Waals surface area (Å²) in [5.74, 6) is -2.73. The van der Waals surface area contributed by atoms with E-state index in [-0.39, 0.29) is 0 Å². The van der Waals surface area contributed by atoms with E-state index in [1.807, 2.05) is 30.3 Å². The fraction of sp³-hybridized carbons (Fsp3) is 0.333. The van der Waals surface area contributed by atoms with E-state index in [2.05, 4.69) is 52.1 Å². The van der Waals surface area contributed by atoms with Crippen molar-refractivity contribution in [2.75, 3.05) is 5.73 Å². The number of H-pyrrole nitrogens is 1. The standard InChI is InChI=1S/C10H16N.C8H8N2.C3F6O4S/c1-3-4-7-11-8-5-6-10(2)9-11;9-8-5-6-3-1-2-4-7(6)10-8;4-2(5,6)1(10)13-14(11,12)3(7,8)9/h5-6,8-9H,3-4,7H2,1-2H3;1-5,10H,9H2;/q+1;;. The molecule has 0 saturated heterocycles. The van der Waals surface area contributed by atoms with Crippen molar-refractivity contribution >= 4 is 32.8 Å². The van der Waals surface area contributed by atoms with E-state index >= 15 is 0 Å². The van der Waals surface area contributed by atoms with Crippen molar-refractivity contribution in [3.05, 3.63) is 60.4 Å². The molecule has 3 rings (SSSR count). The van der Waals surface area contributed by atoms with Crippen molar-refractivity contribution in [3.8, 4) is 0 Å². The fourth-order valence-electron chi connectivity index (χ4n) is 2.42. The maximum atomic E-state index is 11.3. The van der Waals surface area contributed by atoms with E-state index in [4.69, 9.17) is 5.73 Å². The largest absolute Gasteiger partial charge is 0.534 e. The fourth-order valence-corrected chi connectivity index (χ4v) is 2.81. The number of aryl methyl sites for hydroxylation is 2. The Morgan fingerprint density at radius 3 is 2.23 bits per heavy atom. The first kappa shape index (κ1) is 29.7. The van der Waals surface area contributed by atoms with Gasteiger partial charge in [0.05, 0.1) is 0 Å². The Morgan fingerprint density at radius 2 is 1.71 bits per heavy atom. The number of aromatic amines is 1. The smallest absolute Gasteiger partial charge is 0.385 e. The minimum atomic E-state index is -6.55. The zero-order valence-corrected chi connectivity index (χ0v) is 19.5. The minimum Gasteiger partial charge on any atom is -0.385 e. The number of nitrogens with one attached hydrogen (secondary N) is 1. The Bertz CT molecular complexity index is 1170. The zero-order chi connectivity index (χ0) is 26.9. The van der Waals surface area contributed by atoms with Crippen molar-refractivity contribution < 1.29 is 48.3 Å². The molecule has 3 aromatic rings. The highest BCUT2D eigenvalue weighted by atomic mass is 32.2. The molecule has 14 heteroatoms. The number of rotatable bonds is 4. The van der Waals surface area contributed by atoms with Gasteiger partial charge >= 0.3 is 27.8 Å². The lowest BCUT2D eigenvalue weighted by Gasteiger charge is -2.08. The number of nitrogens with zero attached hydrogens (tertiary/aromatic N) is 1. The van der Waals surface area contributed by atoms with Crippen molar-refractivity contribution in [1.29, 1.82) is 0 Å². The average molecular weight is 528 g/mol. The Morgan fingerprint density at radius 1 is 1.09 bits per heavy atom. The monoisotopic (exact) mass is 528 g/mol. The summed E-state index contributed by atoms with van der Waals surface area (Å²) in [6, 6.07) is 14.2. The van der Waals surface area contributed by atoms with E-state index in [0.717, 1.165) is 17.9 Å². The summed E-state index contributed by atoms with van der Waals surface area (Å²) >= 11 is 0. The van der Waals surface area contributed by atoms with Crippen LogP contribution in [-0.4, -0.2) is 31.1 Å². The predicted octanol–water partition coefficient (Wildman–Crippen LogP) is 4.77. The highest BCUT2D eigenvalue weighted by Gasteiger charge is 2.54. The van der Waals surface area contributed by atoms with Crippen molar-refractivity contribution in [2.24, 2.45) is 0 Å². The van der Waals surface area contributed by atoms with Crippen LogP contribution in [0.4, 0.5) is 32.2 Å². The van der Waals surface area contributed by atoms with Crippen LogP contribution in [0.2, 0.25) is 0 Å². The number of carbonyl (C=O) groups excluding carboxylic acids is 1. The summed E-state index contributed by atoms with van der Waals surface area (Å²) in [5.41, 5.74) is 1.89. The molecule has 194 valence electrons. The lowest BCUT2D eigenvalue weighted by atomic mass is 10.3. The van der Waals surface area contributed by atoms with Gasteiger partial charge in [-0.2, -0.15) is 34.8 Å². The molecule has 0 amide bonds. The van der Waals surface area contributed by atoms with Gasteiger partial charge in [0.15, 0.2) is 12.4 Å². The van der Waals surface area contributed by atoms with Crippen molar-refractivity contribution in [3.63, 3.8) is 0 Å². The molecular formula is C21H24F6N3O4S+. The van der Waals surface area contributed by atoms with Crippen LogP contribution in [0, 0.1) is 6.92 Å². The molecule has 0 unspecified atom stereocenters. The number of para-hydroxylation sites is 1. The number of nitrogens with two attached hydrogens (primary N) is 1. The predicted molar refractivity (Wildman–Crippen MR) is 116 cm³/mol. The van der Waals surface area contributed by atoms with Gasteiger partial charge in [-0.1, -0.05) is 31.5 Å². The van der Waals surface area contributed by atoms with Crippen molar-refractivity contribution in [1.82, 2.24) is 4.98 Å². The van der Waals surface area contributed by atoms with Crippen LogP contribution in [0.5, 0.6) is 0 Å². The first-order valence-corrected chi connectivity index (χ1v) is 11.4. The molecule has 7 nitrogen and oxygen atoms in total. The Hall–Kier alpha value is -3.29. The summed E-state index contributed by atoms with van der Waals surface area (Å²) in [6.45, 7) is 5.50. The molecule has 0 spiro atoms. The van der Waals surface area contributed by atoms with Gasteiger partial charge in [-0.05, 0) is 25.1 Å². The topological polar surface area (TPSA) is 106 Å². The third-order valence-corrected chi connectivity index (χ3v) is 4.96. The average Bonchev–Trinajstić information content (AvgIpc) is 3.11. The number of benzene rings is 1. The van der Waals surface area contributed by atoms with Gasteiger partial charge in [0, 0.05) is 29.0 Å². The molecule has 3 N–H and O–H groups in total. The van der Waals surface area contributed by atoms with Gasteiger partial charge in [0.1, 0.15) is 12.4 Å². The van der Waals surface area contributed by atoms with Gasteiger partial charge in [-0.15, -0.1) is 0 Å². The molecule has 0 aliphatic carbocycles. The number of nitrogen functional groups attached to an aromatic ring is 1. The SMILES string of the molecule is CCCC[n+]1cccc(C)c1.Nc1cc2ccccc2[nH]1.O=C(OS(=O)(=O)C(F)(F)F)C(F)(F)F. The van der Waals surface area contributed by atoms with E-state index in [9.17, 15) is 39.6 Å².